The molecule has 4 heteroatoms. The normalized spacial score (nSPS) is 10.1. The van der Waals surface area contributed by atoms with Gasteiger partial charge >= 0.3 is 0 Å². The van der Waals surface area contributed by atoms with Crippen molar-refractivity contribution < 1.29 is 4.79 Å². The van der Waals surface area contributed by atoms with Crippen LogP contribution in [0, 0.1) is 0 Å². The van der Waals surface area contributed by atoms with Crippen LogP contribution in [-0.4, -0.2) is 26.0 Å². The molecular formula is C11H15BrN2O. The summed E-state index contributed by atoms with van der Waals surface area (Å²) in [6.45, 7) is 3.16. The third kappa shape index (κ3) is 3.64. The summed E-state index contributed by atoms with van der Waals surface area (Å²) in [6, 6.07) is 7.67. The van der Waals surface area contributed by atoms with Crippen molar-refractivity contribution in [2.75, 3.05) is 25.0 Å². The third-order valence-electron chi connectivity index (χ3n) is 2.11. The molecule has 3 nitrogen and oxygen atoms in total. The number of anilines is 1. The van der Waals surface area contributed by atoms with Crippen molar-refractivity contribution in [2.45, 2.75) is 6.92 Å². The van der Waals surface area contributed by atoms with Crippen molar-refractivity contribution in [3.63, 3.8) is 0 Å². The van der Waals surface area contributed by atoms with Gasteiger partial charge in [-0.05, 0) is 30.8 Å². The lowest BCUT2D eigenvalue weighted by Gasteiger charge is -2.17. The number of benzene rings is 1. The zero-order valence-electron chi connectivity index (χ0n) is 8.96. The van der Waals surface area contributed by atoms with Gasteiger partial charge in [0.25, 0.3) is 0 Å². The highest BCUT2D eigenvalue weighted by Crippen LogP contribution is 2.17. The number of nitrogens with zero attached hydrogens (tertiary/aromatic N) is 1. The fourth-order valence-electron chi connectivity index (χ4n) is 1.16. The van der Waals surface area contributed by atoms with E-state index in [4.69, 9.17) is 0 Å². The summed E-state index contributed by atoms with van der Waals surface area (Å²) >= 11 is 3.36. The molecule has 0 unspecified atom stereocenters. The second-order valence-corrected chi connectivity index (χ2v) is 4.13. The number of rotatable bonds is 4. The molecule has 0 radical (unpaired) electrons. The number of amides is 1. The highest BCUT2D eigenvalue weighted by atomic mass is 79.9. The average molecular weight is 271 g/mol. The van der Waals surface area contributed by atoms with E-state index >= 15 is 0 Å². The molecular weight excluding hydrogens is 256 g/mol. The number of likely N-dealkylation sites (N-methyl/N-ethyl adjacent to an activating group) is 2. The van der Waals surface area contributed by atoms with Gasteiger partial charge in [0.2, 0.25) is 5.91 Å². The zero-order chi connectivity index (χ0) is 11.3. The van der Waals surface area contributed by atoms with Gasteiger partial charge in [0.05, 0.1) is 6.54 Å². The molecule has 0 aliphatic heterocycles. The van der Waals surface area contributed by atoms with Crippen LogP contribution in [0.3, 0.4) is 0 Å². The molecule has 1 aromatic carbocycles. The third-order valence-corrected chi connectivity index (χ3v) is 2.64. The molecule has 0 spiro atoms. The molecule has 0 bridgehead atoms. The molecule has 82 valence electrons. The Labute approximate surface area is 98.6 Å². The van der Waals surface area contributed by atoms with E-state index in [1.54, 1.807) is 11.9 Å². The van der Waals surface area contributed by atoms with E-state index < -0.39 is 0 Å². The van der Waals surface area contributed by atoms with Crippen molar-refractivity contribution in [1.82, 2.24) is 5.32 Å². The maximum atomic E-state index is 11.6. The van der Waals surface area contributed by atoms with Crippen LogP contribution >= 0.6 is 15.9 Å². The van der Waals surface area contributed by atoms with E-state index in [1.165, 1.54) is 0 Å². The van der Waals surface area contributed by atoms with E-state index in [0.717, 1.165) is 16.7 Å². The van der Waals surface area contributed by atoms with Crippen LogP contribution in [0.4, 0.5) is 5.69 Å². The second-order valence-electron chi connectivity index (χ2n) is 3.21. The Morgan fingerprint density at radius 2 is 2.00 bits per heavy atom. The topological polar surface area (TPSA) is 32.3 Å². The van der Waals surface area contributed by atoms with E-state index in [0.29, 0.717) is 6.54 Å². The molecule has 0 saturated heterocycles. The minimum Gasteiger partial charge on any atom is -0.314 e. The van der Waals surface area contributed by atoms with Crippen LogP contribution in [0.5, 0.6) is 0 Å². The maximum Gasteiger partial charge on any atom is 0.240 e. The Morgan fingerprint density at radius 1 is 1.40 bits per heavy atom. The molecule has 15 heavy (non-hydrogen) atoms. The van der Waals surface area contributed by atoms with Crippen LogP contribution in [0.15, 0.2) is 28.7 Å². The van der Waals surface area contributed by atoms with Crippen LogP contribution < -0.4 is 10.2 Å². The van der Waals surface area contributed by atoms with Gasteiger partial charge in [-0.15, -0.1) is 0 Å². The average Bonchev–Trinajstić information content (AvgIpc) is 2.26. The predicted octanol–water partition coefficient (Wildman–Crippen LogP) is 2.02. The first kappa shape index (κ1) is 12.2. The fraction of sp³-hybridized carbons (Fsp3) is 0.364. The molecule has 1 aromatic rings. The maximum absolute atomic E-state index is 11.6. The summed E-state index contributed by atoms with van der Waals surface area (Å²) in [5, 5.41) is 3.01. The zero-order valence-corrected chi connectivity index (χ0v) is 10.5. The molecule has 1 rings (SSSR count). The monoisotopic (exact) mass is 270 g/mol. The van der Waals surface area contributed by atoms with E-state index in [9.17, 15) is 4.79 Å². The van der Waals surface area contributed by atoms with Crippen molar-refractivity contribution in [1.29, 1.82) is 0 Å². The molecule has 0 aliphatic carbocycles. The fourth-order valence-corrected chi connectivity index (χ4v) is 1.42. The Kier molecular flexibility index (Phi) is 4.78. The molecule has 0 heterocycles. The van der Waals surface area contributed by atoms with E-state index in [1.807, 2.05) is 31.2 Å². The van der Waals surface area contributed by atoms with Gasteiger partial charge in [-0.1, -0.05) is 22.9 Å². The predicted molar refractivity (Wildman–Crippen MR) is 66.1 cm³/mol. The Hall–Kier alpha value is -0.870. The minimum atomic E-state index is 0.0687. The number of carbonyl (C=O) groups excluding carboxylic acids is 1. The molecule has 1 amide bonds. The summed E-state index contributed by atoms with van der Waals surface area (Å²) < 4.78 is 1.01. The first-order valence-electron chi connectivity index (χ1n) is 4.88. The lowest BCUT2D eigenvalue weighted by Crippen LogP contribution is -2.35. The molecule has 0 atom stereocenters. The van der Waals surface area contributed by atoms with Crippen LogP contribution in [-0.2, 0) is 4.79 Å². The van der Waals surface area contributed by atoms with Crippen LogP contribution in [0.2, 0.25) is 0 Å². The van der Waals surface area contributed by atoms with Gasteiger partial charge in [-0.2, -0.15) is 0 Å². The lowest BCUT2D eigenvalue weighted by atomic mass is 10.3. The minimum absolute atomic E-state index is 0.0687. The molecule has 0 fully saturated rings. The highest BCUT2D eigenvalue weighted by molar-refractivity contribution is 9.10. The number of hydrogen-bond acceptors (Lipinski definition) is 2. The van der Waals surface area contributed by atoms with Gasteiger partial charge in [0.1, 0.15) is 0 Å². The van der Waals surface area contributed by atoms with Crippen molar-refractivity contribution in [3.05, 3.63) is 28.7 Å². The first-order chi connectivity index (χ1) is 7.15. The summed E-state index contributed by atoms with van der Waals surface area (Å²) in [6.07, 6.45) is 0. The van der Waals surface area contributed by atoms with Gasteiger partial charge < -0.3 is 10.2 Å². The van der Waals surface area contributed by atoms with Crippen molar-refractivity contribution in [2.24, 2.45) is 0 Å². The smallest absolute Gasteiger partial charge is 0.240 e. The van der Waals surface area contributed by atoms with Crippen molar-refractivity contribution in [3.8, 4) is 0 Å². The Balaban J connectivity index is 2.63. The van der Waals surface area contributed by atoms with E-state index in [-0.39, 0.29) is 5.91 Å². The molecule has 0 saturated carbocycles. The summed E-state index contributed by atoms with van der Waals surface area (Å²) in [5.74, 6) is 0.0687. The summed E-state index contributed by atoms with van der Waals surface area (Å²) in [7, 11) is 1.78. The quantitative estimate of drug-likeness (QED) is 0.908. The highest BCUT2D eigenvalue weighted by Gasteiger charge is 2.09. The summed E-state index contributed by atoms with van der Waals surface area (Å²) in [5.41, 5.74) is 0.904. The first-order valence-corrected chi connectivity index (χ1v) is 5.67. The van der Waals surface area contributed by atoms with Crippen LogP contribution in [0.1, 0.15) is 6.92 Å². The van der Waals surface area contributed by atoms with Gasteiger partial charge in [0, 0.05) is 17.2 Å². The Morgan fingerprint density at radius 3 is 2.53 bits per heavy atom. The largest absolute Gasteiger partial charge is 0.314 e. The molecule has 1 N–H and O–H groups in total. The standard InChI is InChI=1S/C11H15BrN2O/c1-3-13-8-11(15)14(2)10-6-4-9(12)5-7-10/h4-7,13H,3,8H2,1-2H3. The second kappa shape index (κ2) is 5.88. The van der Waals surface area contributed by atoms with E-state index in [2.05, 4.69) is 21.2 Å². The van der Waals surface area contributed by atoms with Crippen LogP contribution in [0.25, 0.3) is 0 Å². The number of hydrogen-bond donors (Lipinski definition) is 1. The van der Waals surface area contributed by atoms with Gasteiger partial charge in [-0.25, -0.2) is 0 Å². The van der Waals surface area contributed by atoms with Gasteiger partial charge in [-0.3, -0.25) is 4.79 Å². The SMILES string of the molecule is CCNCC(=O)N(C)c1ccc(Br)cc1. The Bertz CT molecular complexity index is 324. The molecule has 0 aromatic heterocycles. The van der Waals surface area contributed by atoms with Crippen molar-refractivity contribution >= 4 is 27.5 Å². The number of halogens is 1. The lowest BCUT2D eigenvalue weighted by molar-refractivity contribution is -0.117. The van der Waals surface area contributed by atoms with Gasteiger partial charge in [0.15, 0.2) is 0 Å². The summed E-state index contributed by atoms with van der Waals surface area (Å²) in [4.78, 5) is 13.3. The molecule has 0 aliphatic rings. The number of nitrogens with one attached hydrogen (secondary N) is 1. The number of carbonyl (C=O) groups is 1.